The van der Waals surface area contributed by atoms with E-state index < -0.39 is 0 Å². The number of carbonyl (C=O) groups excluding carboxylic acids is 1. The molecule has 0 N–H and O–H groups in total. The second-order valence-electron chi connectivity index (χ2n) is 2.30. The minimum atomic E-state index is 0.580. The fourth-order valence-electron chi connectivity index (χ4n) is 0.694. The molecule has 0 saturated carbocycles. The standard InChI is InChI=1S/C9H15O/c1-2-3-4-5-6-7-8-9-10/h4-5H,2-3,6-8H2,1H3/b5-4+. The van der Waals surface area contributed by atoms with Crippen molar-refractivity contribution in [3.63, 3.8) is 0 Å². The Bertz CT molecular complexity index is 94.9. The monoisotopic (exact) mass is 139 g/mol. The van der Waals surface area contributed by atoms with Crippen LogP contribution in [0.15, 0.2) is 12.2 Å². The van der Waals surface area contributed by atoms with Crippen LogP contribution in [0.4, 0.5) is 0 Å². The lowest BCUT2D eigenvalue weighted by Gasteiger charge is -1.86. The molecule has 0 heterocycles. The van der Waals surface area contributed by atoms with E-state index in [9.17, 15) is 4.79 Å². The van der Waals surface area contributed by atoms with Crippen LogP contribution in [0.2, 0.25) is 0 Å². The van der Waals surface area contributed by atoms with Crippen molar-refractivity contribution >= 4 is 6.29 Å². The summed E-state index contributed by atoms with van der Waals surface area (Å²) in [6.07, 6.45) is 11.1. The largest absolute Gasteiger partial charge is 0.291 e. The summed E-state index contributed by atoms with van der Waals surface area (Å²) in [6, 6.07) is 0. The molecule has 0 atom stereocenters. The fraction of sp³-hybridized carbons (Fsp3) is 0.667. The molecule has 0 aromatic carbocycles. The van der Waals surface area contributed by atoms with Crippen molar-refractivity contribution in [1.29, 1.82) is 0 Å². The van der Waals surface area contributed by atoms with Gasteiger partial charge >= 0.3 is 0 Å². The maximum Gasteiger partial charge on any atom is 0.198 e. The number of unbranched alkanes of at least 4 members (excludes halogenated alkanes) is 3. The van der Waals surface area contributed by atoms with Gasteiger partial charge in [0.2, 0.25) is 0 Å². The summed E-state index contributed by atoms with van der Waals surface area (Å²) in [6.45, 7) is 2.16. The molecule has 0 amide bonds. The van der Waals surface area contributed by atoms with E-state index in [2.05, 4.69) is 19.1 Å². The number of hydrogen-bond donors (Lipinski definition) is 0. The molecule has 10 heavy (non-hydrogen) atoms. The van der Waals surface area contributed by atoms with Crippen LogP contribution in [0.3, 0.4) is 0 Å². The van der Waals surface area contributed by atoms with E-state index in [1.54, 1.807) is 0 Å². The average molecular weight is 139 g/mol. The van der Waals surface area contributed by atoms with Gasteiger partial charge < -0.3 is 0 Å². The highest BCUT2D eigenvalue weighted by molar-refractivity contribution is 5.50. The highest BCUT2D eigenvalue weighted by atomic mass is 16.1. The Morgan fingerprint density at radius 3 is 2.60 bits per heavy atom. The molecule has 0 aromatic heterocycles. The molecule has 0 aliphatic rings. The zero-order valence-corrected chi connectivity index (χ0v) is 6.60. The van der Waals surface area contributed by atoms with Crippen molar-refractivity contribution in [3.8, 4) is 0 Å². The van der Waals surface area contributed by atoms with Gasteiger partial charge in [0.05, 0.1) is 0 Å². The Labute approximate surface area is 63.1 Å². The minimum Gasteiger partial charge on any atom is -0.291 e. The second-order valence-corrected chi connectivity index (χ2v) is 2.30. The summed E-state index contributed by atoms with van der Waals surface area (Å²) in [5.41, 5.74) is 0. The summed E-state index contributed by atoms with van der Waals surface area (Å²) in [5.74, 6) is 0. The van der Waals surface area contributed by atoms with Crippen LogP contribution in [0.25, 0.3) is 0 Å². The van der Waals surface area contributed by atoms with Crippen LogP contribution in [0, 0.1) is 0 Å². The van der Waals surface area contributed by atoms with Gasteiger partial charge in [-0.15, -0.1) is 0 Å². The maximum atomic E-state index is 9.74. The Kier molecular flexibility index (Phi) is 7.91. The summed E-state index contributed by atoms with van der Waals surface area (Å²) >= 11 is 0. The summed E-state index contributed by atoms with van der Waals surface area (Å²) in [5, 5.41) is 0. The van der Waals surface area contributed by atoms with Crippen LogP contribution in [-0.4, -0.2) is 6.29 Å². The third-order valence-corrected chi connectivity index (χ3v) is 1.27. The van der Waals surface area contributed by atoms with E-state index in [-0.39, 0.29) is 0 Å². The van der Waals surface area contributed by atoms with E-state index in [1.165, 1.54) is 6.42 Å². The highest BCUT2D eigenvalue weighted by Crippen LogP contribution is 1.96. The predicted molar refractivity (Wildman–Crippen MR) is 43.6 cm³/mol. The first-order chi connectivity index (χ1) is 4.91. The Balaban J connectivity index is 2.94. The quantitative estimate of drug-likeness (QED) is 0.408. The van der Waals surface area contributed by atoms with E-state index in [1.807, 2.05) is 6.29 Å². The first-order valence-corrected chi connectivity index (χ1v) is 3.91. The first-order valence-electron chi connectivity index (χ1n) is 3.91. The third-order valence-electron chi connectivity index (χ3n) is 1.27. The molecule has 0 bridgehead atoms. The molecule has 0 unspecified atom stereocenters. The predicted octanol–water partition coefficient (Wildman–Crippen LogP) is 2.62. The van der Waals surface area contributed by atoms with E-state index in [4.69, 9.17) is 0 Å². The average Bonchev–Trinajstić information content (AvgIpc) is 1.97. The lowest BCUT2D eigenvalue weighted by molar-refractivity contribution is 0.549. The fourth-order valence-corrected chi connectivity index (χ4v) is 0.694. The van der Waals surface area contributed by atoms with Gasteiger partial charge in [0, 0.05) is 6.42 Å². The lowest BCUT2D eigenvalue weighted by Crippen LogP contribution is -1.73. The molecule has 1 heteroatoms. The van der Waals surface area contributed by atoms with Gasteiger partial charge in [-0.25, -0.2) is 0 Å². The number of hydrogen-bond acceptors (Lipinski definition) is 1. The van der Waals surface area contributed by atoms with Crippen LogP contribution >= 0.6 is 0 Å². The van der Waals surface area contributed by atoms with Gasteiger partial charge in [-0.2, -0.15) is 0 Å². The van der Waals surface area contributed by atoms with Crippen LogP contribution < -0.4 is 0 Å². The van der Waals surface area contributed by atoms with Gasteiger partial charge in [-0.05, 0) is 19.3 Å². The molecule has 0 fully saturated rings. The highest BCUT2D eigenvalue weighted by Gasteiger charge is 1.81. The zero-order chi connectivity index (χ0) is 7.66. The minimum absolute atomic E-state index is 0.580. The molecular weight excluding hydrogens is 124 g/mol. The molecule has 57 valence electrons. The van der Waals surface area contributed by atoms with Crippen molar-refractivity contribution in [3.05, 3.63) is 12.2 Å². The van der Waals surface area contributed by atoms with Crippen molar-refractivity contribution < 1.29 is 4.79 Å². The number of allylic oxidation sites excluding steroid dienone is 2. The molecule has 1 nitrogen and oxygen atoms in total. The smallest absolute Gasteiger partial charge is 0.198 e. The van der Waals surface area contributed by atoms with Crippen molar-refractivity contribution in [2.45, 2.75) is 39.0 Å². The molecule has 1 radical (unpaired) electrons. The van der Waals surface area contributed by atoms with Gasteiger partial charge in [-0.3, -0.25) is 4.79 Å². The lowest BCUT2D eigenvalue weighted by atomic mass is 10.2. The normalized spacial score (nSPS) is 10.5. The second kappa shape index (κ2) is 8.41. The maximum absolute atomic E-state index is 9.74. The molecule has 0 saturated heterocycles. The molecule has 0 spiro atoms. The Morgan fingerprint density at radius 1 is 1.30 bits per heavy atom. The molecule has 0 aliphatic heterocycles. The third kappa shape index (κ3) is 7.41. The van der Waals surface area contributed by atoms with Gasteiger partial charge in [0.15, 0.2) is 6.29 Å². The molecular formula is C9H15O. The summed E-state index contributed by atoms with van der Waals surface area (Å²) in [4.78, 5) is 9.74. The van der Waals surface area contributed by atoms with E-state index in [0.717, 1.165) is 19.3 Å². The Morgan fingerprint density at radius 2 is 2.00 bits per heavy atom. The van der Waals surface area contributed by atoms with Crippen LogP contribution in [0.5, 0.6) is 0 Å². The van der Waals surface area contributed by atoms with Crippen LogP contribution in [0.1, 0.15) is 39.0 Å². The SMILES string of the molecule is CCC/C=C/CCC[C]=O. The topological polar surface area (TPSA) is 17.1 Å². The van der Waals surface area contributed by atoms with Crippen molar-refractivity contribution in [2.75, 3.05) is 0 Å². The number of rotatable bonds is 6. The molecule has 0 rings (SSSR count). The molecule has 0 aliphatic carbocycles. The first kappa shape index (κ1) is 9.41. The van der Waals surface area contributed by atoms with Gasteiger partial charge in [0.25, 0.3) is 0 Å². The van der Waals surface area contributed by atoms with E-state index >= 15 is 0 Å². The summed E-state index contributed by atoms with van der Waals surface area (Å²) < 4.78 is 0. The van der Waals surface area contributed by atoms with Crippen molar-refractivity contribution in [1.82, 2.24) is 0 Å². The Hall–Kier alpha value is -0.590. The zero-order valence-electron chi connectivity index (χ0n) is 6.60. The molecule has 0 aromatic rings. The summed E-state index contributed by atoms with van der Waals surface area (Å²) in [7, 11) is 0. The van der Waals surface area contributed by atoms with Gasteiger partial charge in [0.1, 0.15) is 0 Å². The van der Waals surface area contributed by atoms with Crippen molar-refractivity contribution in [2.24, 2.45) is 0 Å². The van der Waals surface area contributed by atoms with Crippen LogP contribution in [-0.2, 0) is 4.79 Å². The van der Waals surface area contributed by atoms with E-state index in [0.29, 0.717) is 6.42 Å². The van der Waals surface area contributed by atoms with Gasteiger partial charge in [-0.1, -0.05) is 25.5 Å².